The average Bonchev–Trinajstić information content (AvgIpc) is 3.09. The number of rotatable bonds is 5. The summed E-state index contributed by atoms with van der Waals surface area (Å²) in [5, 5.41) is 25.2. The Morgan fingerprint density at radius 1 is 0.931 bits per heavy atom. The first-order chi connectivity index (χ1) is 14.1. The van der Waals surface area contributed by atoms with Gasteiger partial charge in [-0.2, -0.15) is 0 Å². The van der Waals surface area contributed by atoms with Crippen LogP contribution in [0.4, 0.5) is 0 Å². The minimum absolute atomic E-state index is 0.0460. The molecule has 7 nitrogen and oxygen atoms in total. The van der Waals surface area contributed by atoms with Crippen molar-refractivity contribution in [1.82, 2.24) is 0 Å². The van der Waals surface area contributed by atoms with Crippen molar-refractivity contribution in [3.8, 4) is 5.75 Å². The topological polar surface area (TPSA) is 87.7 Å². The first kappa shape index (κ1) is 18.5. The summed E-state index contributed by atoms with van der Waals surface area (Å²) in [7, 11) is 1.54. The van der Waals surface area contributed by atoms with E-state index in [4.69, 9.17) is 9.57 Å². The van der Waals surface area contributed by atoms with Crippen LogP contribution in [-0.4, -0.2) is 28.7 Å². The maximum atomic E-state index is 12.9. The van der Waals surface area contributed by atoms with Crippen molar-refractivity contribution in [3.05, 3.63) is 117 Å². The molecule has 4 rings (SSSR count). The predicted octanol–water partition coefficient (Wildman–Crippen LogP) is 3.53. The molecule has 0 aromatic heterocycles. The fourth-order valence-electron chi connectivity index (χ4n) is 3.75. The lowest BCUT2D eigenvalue weighted by atomic mass is 9.78. The van der Waals surface area contributed by atoms with E-state index >= 15 is 0 Å². The van der Waals surface area contributed by atoms with Gasteiger partial charge in [0, 0.05) is 4.92 Å². The molecule has 146 valence electrons. The highest BCUT2D eigenvalue weighted by atomic mass is 16.9. The molecular formula is C22H18N2O5. The molecule has 2 unspecified atom stereocenters. The van der Waals surface area contributed by atoms with Crippen molar-refractivity contribution in [3.63, 3.8) is 0 Å². The monoisotopic (exact) mass is 390 g/mol. The lowest BCUT2D eigenvalue weighted by Gasteiger charge is -2.31. The predicted molar refractivity (Wildman–Crippen MR) is 106 cm³/mol. The van der Waals surface area contributed by atoms with Gasteiger partial charge < -0.3 is 9.57 Å². The molecule has 0 amide bonds. The molecule has 7 heteroatoms. The third-order valence-corrected chi connectivity index (χ3v) is 5.07. The van der Waals surface area contributed by atoms with Gasteiger partial charge in [0.15, 0.2) is 0 Å². The number of ether oxygens (including phenoxy) is 1. The van der Waals surface area contributed by atoms with Crippen LogP contribution in [-0.2, 0) is 10.4 Å². The zero-order valence-corrected chi connectivity index (χ0v) is 15.6. The minimum Gasteiger partial charge on any atom is -0.497 e. The fourth-order valence-corrected chi connectivity index (χ4v) is 3.75. The van der Waals surface area contributed by atoms with Gasteiger partial charge in [-0.15, -0.1) is 0 Å². The Balaban J connectivity index is 1.97. The Morgan fingerprint density at radius 3 is 2.03 bits per heavy atom. The van der Waals surface area contributed by atoms with Crippen LogP contribution in [0.2, 0.25) is 0 Å². The van der Waals surface area contributed by atoms with Gasteiger partial charge in [0.25, 0.3) is 0 Å². The van der Waals surface area contributed by atoms with E-state index in [9.17, 15) is 15.3 Å². The molecule has 0 bridgehead atoms. The van der Waals surface area contributed by atoms with E-state index in [1.807, 2.05) is 0 Å². The number of hydrogen-bond acceptors (Lipinski definition) is 5. The Morgan fingerprint density at radius 2 is 1.48 bits per heavy atom. The maximum absolute atomic E-state index is 12.9. The van der Waals surface area contributed by atoms with Crippen molar-refractivity contribution in [2.45, 2.75) is 11.6 Å². The zero-order valence-electron chi connectivity index (χ0n) is 15.6. The summed E-state index contributed by atoms with van der Waals surface area (Å²) >= 11 is 0. The summed E-state index contributed by atoms with van der Waals surface area (Å²) < 4.78 is 5.20. The number of nitrogens with zero attached hydrogens (tertiary/aromatic N) is 2. The Labute approximate surface area is 167 Å². The number of nitro groups is 1. The molecule has 2 atom stereocenters. The first-order valence-corrected chi connectivity index (χ1v) is 9.00. The molecule has 1 heterocycles. The summed E-state index contributed by atoms with van der Waals surface area (Å²) in [6, 6.07) is 22.6. The lowest BCUT2D eigenvalue weighted by molar-refractivity contribution is -0.755. The molecule has 0 spiro atoms. The summed E-state index contributed by atoms with van der Waals surface area (Å²) in [4.78, 5) is 17.9. The third-order valence-electron chi connectivity index (χ3n) is 5.07. The second kappa shape index (κ2) is 7.27. The Kier molecular flexibility index (Phi) is 4.64. The van der Waals surface area contributed by atoms with Crippen molar-refractivity contribution in [2.24, 2.45) is 0 Å². The van der Waals surface area contributed by atoms with Crippen LogP contribution >= 0.6 is 0 Å². The SMILES string of the molecule is COc1ccc(C2(c3ccccc3)O[N+]([O-])=C(c3ccccc3)C2[N+](=O)[O-])cc1. The molecule has 0 aliphatic carbocycles. The van der Waals surface area contributed by atoms with Crippen LogP contribution in [0.3, 0.4) is 0 Å². The van der Waals surface area contributed by atoms with Crippen molar-refractivity contribution >= 4 is 5.71 Å². The van der Waals surface area contributed by atoms with Gasteiger partial charge in [-0.3, -0.25) is 15.3 Å². The van der Waals surface area contributed by atoms with E-state index < -0.39 is 16.6 Å². The normalized spacial score (nSPS) is 20.9. The van der Waals surface area contributed by atoms with Crippen molar-refractivity contribution in [1.29, 1.82) is 0 Å². The van der Waals surface area contributed by atoms with Crippen LogP contribution < -0.4 is 4.74 Å². The summed E-state index contributed by atoms with van der Waals surface area (Å²) in [6.45, 7) is 0. The molecule has 1 aliphatic heterocycles. The molecule has 0 saturated heterocycles. The number of hydrogen-bond donors (Lipinski definition) is 0. The van der Waals surface area contributed by atoms with Crippen LogP contribution in [0.15, 0.2) is 84.9 Å². The average molecular weight is 390 g/mol. The molecule has 0 fully saturated rings. The second-order valence-electron chi connectivity index (χ2n) is 6.62. The highest BCUT2D eigenvalue weighted by Gasteiger charge is 2.62. The molecule has 3 aromatic carbocycles. The molecule has 1 aliphatic rings. The highest BCUT2D eigenvalue weighted by molar-refractivity contribution is 6.02. The summed E-state index contributed by atoms with van der Waals surface area (Å²) in [6.07, 6.45) is 0. The number of benzene rings is 3. The molecule has 0 radical (unpaired) electrons. The molecule has 0 saturated carbocycles. The summed E-state index contributed by atoms with van der Waals surface area (Å²) in [5.74, 6) is 0.596. The second-order valence-corrected chi connectivity index (χ2v) is 6.62. The van der Waals surface area contributed by atoms with E-state index in [2.05, 4.69) is 0 Å². The van der Waals surface area contributed by atoms with E-state index in [1.165, 1.54) is 7.11 Å². The lowest BCUT2D eigenvalue weighted by Crippen LogP contribution is -2.47. The largest absolute Gasteiger partial charge is 0.497 e. The van der Waals surface area contributed by atoms with E-state index in [1.54, 1.807) is 84.9 Å². The van der Waals surface area contributed by atoms with E-state index in [-0.39, 0.29) is 10.6 Å². The van der Waals surface area contributed by atoms with E-state index in [0.29, 0.717) is 22.4 Å². The molecule has 3 aromatic rings. The minimum atomic E-state index is -1.62. The molecule has 29 heavy (non-hydrogen) atoms. The smallest absolute Gasteiger partial charge is 0.330 e. The third kappa shape index (κ3) is 2.97. The Bertz CT molecular complexity index is 1050. The Hall–Kier alpha value is -3.87. The number of methoxy groups -OCH3 is 1. The summed E-state index contributed by atoms with van der Waals surface area (Å²) in [5.41, 5.74) is -0.230. The van der Waals surface area contributed by atoms with Gasteiger partial charge in [0.2, 0.25) is 5.60 Å². The van der Waals surface area contributed by atoms with Crippen LogP contribution in [0, 0.1) is 15.3 Å². The van der Waals surface area contributed by atoms with Gasteiger partial charge in [-0.25, -0.2) is 0 Å². The van der Waals surface area contributed by atoms with Gasteiger partial charge in [-0.05, 0) is 35.4 Å². The van der Waals surface area contributed by atoms with Gasteiger partial charge in [0.05, 0.1) is 17.6 Å². The van der Waals surface area contributed by atoms with Gasteiger partial charge in [0.1, 0.15) is 5.75 Å². The first-order valence-electron chi connectivity index (χ1n) is 9.00. The fraction of sp³-hybridized carbons (Fsp3) is 0.136. The van der Waals surface area contributed by atoms with Gasteiger partial charge >= 0.3 is 11.8 Å². The highest BCUT2D eigenvalue weighted by Crippen LogP contribution is 2.43. The van der Waals surface area contributed by atoms with Crippen LogP contribution in [0.25, 0.3) is 0 Å². The van der Waals surface area contributed by atoms with Gasteiger partial charge in [-0.1, -0.05) is 60.7 Å². The quantitative estimate of drug-likeness (QED) is 0.378. The van der Waals surface area contributed by atoms with E-state index in [0.717, 1.165) is 0 Å². The molecule has 0 N–H and O–H groups in total. The van der Waals surface area contributed by atoms with Crippen LogP contribution in [0.5, 0.6) is 5.75 Å². The van der Waals surface area contributed by atoms with Crippen molar-refractivity contribution in [2.75, 3.05) is 7.11 Å². The standard InChI is InChI=1S/C22H18N2O5/c1-28-19-14-12-18(13-15-19)22(17-10-6-3-7-11-17)21(23(25)26)20(24(27)29-22)16-8-4-2-5-9-16/h2-15,21H,1H3. The maximum Gasteiger partial charge on any atom is 0.330 e. The van der Waals surface area contributed by atoms with Crippen molar-refractivity contribution < 1.29 is 19.4 Å². The van der Waals surface area contributed by atoms with Crippen LogP contribution in [0.1, 0.15) is 16.7 Å². The zero-order chi connectivity index (χ0) is 20.4. The molecular weight excluding hydrogens is 372 g/mol.